The first-order valence-corrected chi connectivity index (χ1v) is 13.0. The fourth-order valence-corrected chi connectivity index (χ4v) is 5.52. The van der Waals surface area contributed by atoms with Crippen LogP contribution in [0.25, 0.3) is 0 Å². The van der Waals surface area contributed by atoms with Gasteiger partial charge in [0.15, 0.2) is 0 Å². The summed E-state index contributed by atoms with van der Waals surface area (Å²) in [6, 6.07) is 23.4. The highest BCUT2D eigenvalue weighted by Gasteiger charge is 2.40. The van der Waals surface area contributed by atoms with E-state index in [-0.39, 0.29) is 22.4 Å². The minimum absolute atomic E-state index is 0.0306. The van der Waals surface area contributed by atoms with E-state index in [1.165, 1.54) is 16.7 Å². The topological polar surface area (TPSA) is 87.7 Å². The third-order valence-corrected chi connectivity index (χ3v) is 7.54. The van der Waals surface area contributed by atoms with Crippen molar-refractivity contribution in [2.24, 2.45) is 5.92 Å². The van der Waals surface area contributed by atoms with Crippen molar-refractivity contribution in [3.63, 3.8) is 0 Å². The molecule has 2 aliphatic rings. The molecule has 1 saturated carbocycles. The van der Waals surface area contributed by atoms with Gasteiger partial charge < -0.3 is 15.4 Å². The Morgan fingerprint density at radius 3 is 2.30 bits per heavy atom. The van der Waals surface area contributed by atoms with Crippen molar-refractivity contribution in [2.45, 2.75) is 30.6 Å². The Hall–Kier alpha value is -4.04. The van der Waals surface area contributed by atoms with Gasteiger partial charge in [0.05, 0.1) is 12.8 Å². The number of carbonyl (C=O) groups excluding carboxylic acids is 3. The monoisotopic (exact) mass is 513 g/mol. The second-order valence-electron chi connectivity index (χ2n) is 8.94. The van der Waals surface area contributed by atoms with Gasteiger partial charge in [0.25, 0.3) is 11.8 Å². The molecule has 3 aromatic rings. The summed E-state index contributed by atoms with van der Waals surface area (Å²) in [7, 11) is 1.56. The number of ether oxygens (including phenoxy) is 1. The normalized spacial score (nSPS) is 15.9. The molecule has 7 nitrogen and oxygen atoms in total. The van der Waals surface area contributed by atoms with Crippen molar-refractivity contribution in [2.75, 3.05) is 22.6 Å². The molecule has 0 radical (unpaired) electrons. The molecule has 1 fully saturated rings. The number of imide groups is 1. The summed E-state index contributed by atoms with van der Waals surface area (Å²) in [5.74, 6) is -0.147. The van der Waals surface area contributed by atoms with Crippen molar-refractivity contribution in [1.82, 2.24) is 0 Å². The summed E-state index contributed by atoms with van der Waals surface area (Å²) in [5, 5.41) is 6.16. The van der Waals surface area contributed by atoms with Crippen LogP contribution in [0, 0.1) is 5.92 Å². The number of hydrogen-bond acceptors (Lipinski definition) is 6. The number of para-hydroxylation sites is 1. The molecule has 1 heterocycles. The highest BCUT2D eigenvalue weighted by Crippen LogP contribution is 2.39. The van der Waals surface area contributed by atoms with E-state index in [4.69, 9.17) is 4.74 Å². The first kappa shape index (κ1) is 24.6. The average molecular weight is 514 g/mol. The van der Waals surface area contributed by atoms with Gasteiger partial charge in [-0.05, 0) is 67.4 Å². The van der Waals surface area contributed by atoms with Crippen molar-refractivity contribution in [3.05, 3.63) is 89.5 Å². The van der Waals surface area contributed by atoms with Gasteiger partial charge >= 0.3 is 0 Å². The largest absolute Gasteiger partial charge is 0.497 e. The molecule has 0 bridgehead atoms. The fraction of sp³-hybridized carbons (Fsp3) is 0.207. The molecule has 37 heavy (non-hydrogen) atoms. The highest BCUT2D eigenvalue weighted by atomic mass is 32.2. The van der Waals surface area contributed by atoms with Crippen LogP contribution in [0.4, 0.5) is 17.1 Å². The summed E-state index contributed by atoms with van der Waals surface area (Å²) in [5.41, 5.74) is 2.03. The lowest BCUT2D eigenvalue weighted by Crippen LogP contribution is -2.32. The van der Waals surface area contributed by atoms with Gasteiger partial charge in [0.2, 0.25) is 5.91 Å². The third kappa shape index (κ3) is 5.39. The van der Waals surface area contributed by atoms with Crippen LogP contribution in [0.3, 0.4) is 0 Å². The fourth-order valence-electron chi connectivity index (χ4n) is 4.53. The molecule has 188 valence electrons. The van der Waals surface area contributed by atoms with E-state index >= 15 is 0 Å². The van der Waals surface area contributed by atoms with Gasteiger partial charge in [-0.3, -0.25) is 14.4 Å². The van der Waals surface area contributed by atoms with Gasteiger partial charge in [0, 0.05) is 22.2 Å². The molecule has 2 N–H and O–H groups in total. The zero-order chi connectivity index (χ0) is 25.8. The van der Waals surface area contributed by atoms with Gasteiger partial charge in [-0.15, -0.1) is 0 Å². The maximum absolute atomic E-state index is 13.6. The molecule has 0 unspecified atom stereocenters. The van der Waals surface area contributed by atoms with Crippen LogP contribution < -0.4 is 20.3 Å². The Morgan fingerprint density at radius 1 is 0.892 bits per heavy atom. The predicted octanol–water partition coefficient (Wildman–Crippen LogP) is 5.81. The number of nitrogens with one attached hydrogen (secondary N) is 2. The highest BCUT2D eigenvalue weighted by molar-refractivity contribution is 8.04. The number of nitrogens with zero attached hydrogens (tertiary/aromatic N) is 1. The standard InChI is InChI=1S/C29H27N3O4S/c1-36-23-16-14-22(15-17-23)32-28(34)25(30-20-10-3-2-4-11-20)26(29(32)35)37-24-13-7-12-21(18-24)31-27(33)19-8-5-6-9-19/h2-4,7,10-19,30H,5-6,8-9H2,1H3,(H,31,33). The molecule has 8 heteroatoms. The number of rotatable bonds is 8. The molecule has 1 aliphatic heterocycles. The van der Waals surface area contributed by atoms with E-state index in [9.17, 15) is 14.4 Å². The second kappa shape index (κ2) is 10.9. The van der Waals surface area contributed by atoms with Gasteiger partial charge in [-0.2, -0.15) is 0 Å². The number of methoxy groups -OCH3 is 1. The number of anilines is 3. The Morgan fingerprint density at radius 2 is 1.59 bits per heavy atom. The van der Waals surface area contributed by atoms with Crippen LogP contribution in [0.5, 0.6) is 5.75 Å². The summed E-state index contributed by atoms with van der Waals surface area (Å²) in [6.07, 6.45) is 4.00. The number of benzene rings is 3. The maximum Gasteiger partial charge on any atom is 0.283 e. The average Bonchev–Trinajstić information content (AvgIpc) is 3.54. The van der Waals surface area contributed by atoms with E-state index in [2.05, 4.69) is 10.6 Å². The quantitative estimate of drug-likeness (QED) is 0.370. The van der Waals surface area contributed by atoms with E-state index in [1.807, 2.05) is 54.6 Å². The van der Waals surface area contributed by atoms with Crippen LogP contribution in [0.1, 0.15) is 25.7 Å². The summed E-state index contributed by atoms with van der Waals surface area (Å²) in [4.78, 5) is 41.9. The number of thioether (sulfide) groups is 1. The van der Waals surface area contributed by atoms with Crippen molar-refractivity contribution < 1.29 is 19.1 Å². The van der Waals surface area contributed by atoms with Gasteiger partial charge in [-0.1, -0.05) is 48.9 Å². The molecular formula is C29H27N3O4S. The van der Waals surface area contributed by atoms with Gasteiger partial charge in [0.1, 0.15) is 16.4 Å². The number of hydrogen-bond donors (Lipinski definition) is 2. The lowest BCUT2D eigenvalue weighted by molar-refractivity contribution is -0.121. The van der Waals surface area contributed by atoms with E-state index in [0.717, 1.165) is 30.6 Å². The minimum atomic E-state index is -0.438. The molecule has 1 aliphatic carbocycles. The molecule has 0 spiro atoms. The van der Waals surface area contributed by atoms with Crippen molar-refractivity contribution in [3.8, 4) is 5.75 Å². The smallest absolute Gasteiger partial charge is 0.283 e. The molecular weight excluding hydrogens is 486 g/mol. The van der Waals surface area contributed by atoms with E-state index in [0.29, 0.717) is 22.8 Å². The van der Waals surface area contributed by atoms with Crippen LogP contribution in [0.2, 0.25) is 0 Å². The number of carbonyl (C=O) groups is 3. The Kier molecular flexibility index (Phi) is 7.28. The van der Waals surface area contributed by atoms with E-state index in [1.54, 1.807) is 31.4 Å². The lowest BCUT2D eigenvalue weighted by atomic mass is 10.1. The van der Waals surface area contributed by atoms with Crippen molar-refractivity contribution >= 4 is 46.5 Å². The zero-order valence-electron chi connectivity index (χ0n) is 20.4. The molecule has 0 atom stereocenters. The maximum atomic E-state index is 13.6. The van der Waals surface area contributed by atoms with E-state index < -0.39 is 11.8 Å². The number of amides is 3. The third-order valence-electron chi connectivity index (χ3n) is 6.46. The SMILES string of the molecule is COc1ccc(N2C(=O)C(Nc3ccccc3)=C(Sc3cccc(NC(=O)C4CCCC4)c3)C2=O)cc1. The van der Waals surface area contributed by atoms with Crippen molar-refractivity contribution in [1.29, 1.82) is 0 Å². The Labute approximate surface area is 219 Å². The van der Waals surface area contributed by atoms with Crippen LogP contribution in [-0.4, -0.2) is 24.8 Å². The molecule has 5 rings (SSSR count). The lowest BCUT2D eigenvalue weighted by Gasteiger charge is -2.15. The predicted molar refractivity (Wildman–Crippen MR) is 145 cm³/mol. The summed E-state index contributed by atoms with van der Waals surface area (Å²) in [6.45, 7) is 0. The molecule has 3 aromatic carbocycles. The first-order chi connectivity index (χ1) is 18.0. The molecule has 3 amide bonds. The van der Waals surface area contributed by atoms with Crippen LogP contribution in [-0.2, 0) is 14.4 Å². The Balaban J connectivity index is 1.43. The minimum Gasteiger partial charge on any atom is -0.497 e. The van der Waals surface area contributed by atoms with Gasteiger partial charge in [-0.25, -0.2) is 4.90 Å². The summed E-state index contributed by atoms with van der Waals surface area (Å²) < 4.78 is 5.21. The Bertz CT molecular complexity index is 1350. The molecule has 0 aromatic heterocycles. The summed E-state index contributed by atoms with van der Waals surface area (Å²) >= 11 is 1.20. The second-order valence-corrected chi connectivity index (χ2v) is 10.0. The van der Waals surface area contributed by atoms with Crippen LogP contribution in [0.15, 0.2) is 94.4 Å². The molecule has 0 saturated heterocycles. The first-order valence-electron chi connectivity index (χ1n) is 12.2. The zero-order valence-corrected chi connectivity index (χ0v) is 21.2. The van der Waals surface area contributed by atoms with Crippen LogP contribution >= 0.6 is 11.8 Å².